The Hall–Kier alpha value is -1.30. The van der Waals surface area contributed by atoms with Gasteiger partial charge in [-0.1, -0.05) is 62.9 Å². The summed E-state index contributed by atoms with van der Waals surface area (Å²) in [5.74, 6) is 0. The molecule has 0 aliphatic rings. The van der Waals surface area contributed by atoms with Crippen molar-refractivity contribution in [2.24, 2.45) is 0 Å². The van der Waals surface area contributed by atoms with E-state index in [0.717, 1.165) is 0 Å². The predicted octanol–water partition coefficient (Wildman–Crippen LogP) is 4.18. The molecule has 0 heterocycles. The van der Waals surface area contributed by atoms with Gasteiger partial charge in [-0.05, 0) is 18.1 Å². The Labute approximate surface area is 87.0 Å². The third kappa shape index (κ3) is 2.35. The molecule has 0 spiro atoms. The molecule has 0 aromatic heterocycles. The Morgan fingerprint density at radius 2 is 1.71 bits per heavy atom. The third-order valence-corrected chi connectivity index (χ3v) is 2.47. The molecular weight excluding hydrogens is 168 g/mol. The van der Waals surface area contributed by atoms with Crippen LogP contribution in [0.2, 0.25) is 0 Å². The molecule has 1 aromatic rings. The maximum Gasteiger partial charge on any atom is 0.00752 e. The molecule has 0 aliphatic carbocycles. The summed E-state index contributed by atoms with van der Waals surface area (Å²) in [7, 11) is 0. The molecule has 1 rings (SSSR count). The highest BCUT2D eigenvalue weighted by molar-refractivity contribution is 5.48. The van der Waals surface area contributed by atoms with Crippen LogP contribution in [0.1, 0.15) is 31.9 Å². The highest BCUT2D eigenvalue weighted by Gasteiger charge is 2.15. The monoisotopic (exact) mass is 186 g/mol. The van der Waals surface area contributed by atoms with Gasteiger partial charge >= 0.3 is 0 Å². The van der Waals surface area contributed by atoms with Gasteiger partial charge in [0.1, 0.15) is 0 Å². The van der Waals surface area contributed by atoms with Crippen molar-refractivity contribution >= 4 is 6.08 Å². The summed E-state index contributed by atoms with van der Waals surface area (Å²) in [6, 6.07) is 8.54. The predicted molar refractivity (Wildman–Crippen MR) is 64.4 cm³/mol. The molecule has 0 fully saturated rings. The lowest BCUT2D eigenvalue weighted by Crippen LogP contribution is -2.12. The number of benzene rings is 1. The van der Waals surface area contributed by atoms with Gasteiger partial charge in [0.05, 0.1) is 0 Å². The normalized spacial score (nSPS) is 11.9. The lowest BCUT2D eigenvalue weighted by atomic mass is 9.84. The van der Waals surface area contributed by atoms with Crippen LogP contribution in [-0.2, 0) is 5.41 Å². The van der Waals surface area contributed by atoms with E-state index in [1.807, 2.05) is 6.08 Å². The molecule has 0 heteroatoms. The van der Waals surface area contributed by atoms with Crippen molar-refractivity contribution in [1.82, 2.24) is 0 Å². The van der Waals surface area contributed by atoms with Gasteiger partial charge in [-0.2, -0.15) is 0 Å². The fourth-order valence-corrected chi connectivity index (χ4v) is 1.56. The van der Waals surface area contributed by atoms with Gasteiger partial charge in [-0.25, -0.2) is 0 Å². The lowest BCUT2D eigenvalue weighted by Gasteiger charge is -2.20. The van der Waals surface area contributed by atoms with Crippen molar-refractivity contribution in [3.8, 4) is 0 Å². The van der Waals surface area contributed by atoms with E-state index in [-0.39, 0.29) is 5.41 Å². The lowest BCUT2D eigenvalue weighted by molar-refractivity contribution is 0.669. The van der Waals surface area contributed by atoms with Crippen LogP contribution in [0.3, 0.4) is 0 Å². The summed E-state index contributed by atoms with van der Waals surface area (Å²) in [5.41, 5.74) is 2.63. The first kappa shape index (κ1) is 10.8. The standard InChI is InChI=1S/C14H18/c1-5-11-14(3,4)13-9-7-12(6-2)8-10-13/h5-11H,2H2,1,3-4H3/b11-5+. The third-order valence-electron chi connectivity index (χ3n) is 2.47. The van der Waals surface area contributed by atoms with E-state index in [0.29, 0.717) is 0 Å². The Bertz CT molecular complexity index is 326. The van der Waals surface area contributed by atoms with Crippen molar-refractivity contribution in [3.63, 3.8) is 0 Å². The molecule has 0 N–H and O–H groups in total. The van der Waals surface area contributed by atoms with Gasteiger partial charge in [-0.15, -0.1) is 0 Å². The summed E-state index contributed by atoms with van der Waals surface area (Å²) >= 11 is 0. The SMILES string of the molecule is C=Cc1ccc(C(C)(C)/C=C/C)cc1. The van der Waals surface area contributed by atoms with E-state index in [2.05, 4.69) is 63.8 Å². The smallest absolute Gasteiger partial charge is 0.00752 e. The van der Waals surface area contributed by atoms with E-state index in [1.165, 1.54) is 11.1 Å². The summed E-state index contributed by atoms with van der Waals surface area (Å²) in [4.78, 5) is 0. The van der Waals surface area contributed by atoms with E-state index in [4.69, 9.17) is 0 Å². The van der Waals surface area contributed by atoms with E-state index in [9.17, 15) is 0 Å². The fraction of sp³-hybridized carbons (Fsp3) is 0.286. The van der Waals surface area contributed by atoms with Crippen molar-refractivity contribution in [1.29, 1.82) is 0 Å². The van der Waals surface area contributed by atoms with Crippen molar-refractivity contribution in [2.75, 3.05) is 0 Å². The van der Waals surface area contributed by atoms with E-state index >= 15 is 0 Å². The molecule has 0 amide bonds. The molecule has 0 radical (unpaired) electrons. The van der Waals surface area contributed by atoms with Crippen molar-refractivity contribution in [3.05, 3.63) is 54.1 Å². The fourth-order valence-electron chi connectivity index (χ4n) is 1.56. The van der Waals surface area contributed by atoms with Gasteiger partial charge in [0.2, 0.25) is 0 Å². The van der Waals surface area contributed by atoms with Crippen LogP contribution in [0.5, 0.6) is 0 Å². The van der Waals surface area contributed by atoms with Gasteiger partial charge in [0.15, 0.2) is 0 Å². The molecule has 0 aliphatic heterocycles. The second-order valence-electron chi connectivity index (χ2n) is 4.05. The van der Waals surface area contributed by atoms with Crippen molar-refractivity contribution < 1.29 is 0 Å². The topological polar surface area (TPSA) is 0 Å². The van der Waals surface area contributed by atoms with Crippen molar-refractivity contribution in [2.45, 2.75) is 26.2 Å². The summed E-state index contributed by atoms with van der Waals surface area (Å²) in [6.07, 6.45) is 6.18. The Kier molecular flexibility index (Phi) is 3.29. The van der Waals surface area contributed by atoms with Crippen LogP contribution in [0, 0.1) is 0 Å². The Morgan fingerprint density at radius 1 is 1.14 bits per heavy atom. The first-order chi connectivity index (χ1) is 6.60. The number of allylic oxidation sites excluding steroid dienone is 2. The highest BCUT2D eigenvalue weighted by Crippen LogP contribution is 2.24. The summed E-state index contributed by atoms with van der Waals surface area (Å²) in [5, 5.41) is 0. The van der Waals surface area contributed by atoms with Gasteiger partial charge in [0, 0.05) is 5.41 Å². The van der Waals surface area contributed by atoms with Gasteiger partial charge in [-0.3, -0.25) is 0 Å². The second-order valence-corrected chi connectivity index (χ2v) is 4.05. The van der Waals surface area contributed by atoms with Crippen LogP contribution in [-0.4, -0.2) is 0 Å². The molecule has 0 atom stereocenters. The molecule has 0 saturated carbocycles. The zero-order valence-electron chi connectivity index (χ0n) is 9.25. The maximum atomic E-state index is 3.75. The minimum atomic E-state index is 0.119. The molecule has 1 aromatic carbocycles. The molecule has 74 valence electrons. The zero-order chi connectivity index (χ0) is 10.6. The van der Waals surface area contributed by atoms with E-state index in [1.54, 1.807) is 0 Å². The van der Waals surface area contributed by atoms with Crippen LogP contribution in [0.4, 0.5) is 0 Å². The molecule has 0 bridgehead atoms. The average Bonchev–Trinajstić information content (AvgIpc) is 2.18. The second kappa shape index (κ2) is 4.28. The number of hydrogen-bond donors (Lipinski definition) is 0. The van der Waals surface area contributed by atoms with Gasteiger partial charge < -0.3 is 0 Å². The van der Waals surface area contributed by atoms with Crippen LogP contribution in [0.25, 0.3) is 6.08 Å². The first-order valence-electron chi connectivity index (χ1n) is 4.97. The van der Waals surface area contributed by atoms with Crippen LogP contribution in [0.15, 0.2) is 43.0 Å². The molecule has 14 heavy (non-hydrogen) atoms. The Balaban J connectivity index is 3.02. The molecule has 0 unspecified atom stereocenters. The van der Waals surface area contributed by atoms with Crippen LogP contribution < -0.4 is 0 Å². The van der Waals surface area contributed by atoms with Gasteiger partial charge in [0.25, 0.3) is 0 Å². The maximum absolute atomic E-state index is 3.75. The number of hydrogen-bond acceptors (Lipinski definition) is 0. The minimum Gasteiger partial charge on any atom is -0.0985 e. The zero-order valence-corrected chi connectivity index (χ0v) is 9.25. The summed E-state index contributed by atoms with van der Waals surface area (Å²) in [6.45, 7) is 10.2. The average molecular weight is 186 g/mol. The molecular formula is C14H18. The molecule has 0 nitrogen and oxygen atoms in total. The van der Waals surface area contributed by atoms with E-state index < -0.39 is 0 Å². The van der Waals surface area contributed by atoms with Crippen LogP contribution >= 0.6 is 0 Å². The minimum absolute atomic E-state index is 0.119. The molecule has 0 saturated heterocycles. The highest BCUT2D eigenvalue weighted by atomic mass is 14.2. The number of rotatable bonds is 3. The summed E-state index contributed by atoms with van der Waals surface area (Å²) < 4.78 is 0. The Morgan fingerprint density at radius 3 is 2.14 bits per heavy atom. The quantitative estimate of drug-likeness (QED) is 0.621. The largest absolute Gasteiger partial charge is 0.0985 e. The first-order valence-corrected chi connectivity index (χ1v) is 4.97.